The topological polar surface area (TPSA) is 3.24 Å². The highest BCUT2D eigenvalue weighted by atomic mass is 15.2. The molecule has 0 aromatic carbocycles. The van der Waals surface area contributed by atoms with Crippen LogP contribution in [0.15, 0.2) is 24.3 Å². The van der Waals surface area contributed by atoms with Gasteiger partial charge in [0.1, 0.15) is 0 Å². The molecular weight excluding hydrogens is 470 g/mol. The second-order valence-corrected chi connectivity index (χ2v) is 13.4. The van der Waals surface area contributed by atoms with Gasteiger partial charge in [0.2, 0.25) is 0 Å². The predicted octanol–water partition coefficient (Wildman–Crippen LogP) is 13.0. The Morgan fingerprint density at radius 1 is 0.436 bits per heavy atom. The third kappa shape index (κ3) is 22.8. The van der Waals surface area contributed by atoms with Gasteiger partial charge in [-0.15, -0.1) is 0 Å². The van der Waals surface area contributed by atoms with E-state index in [0.717, 1.165) is 6.42 Å². The SMILES string of the molecule is CCCC/C=C/C/C=C/CCCCCCCC1(CCCCCCCCCCCCCCCCCC)CN(C)C1. The normalized spacial score (nSPS) is 15.6. The molecule has 1 rings (SSSR count). The van der Waals surface area contributed by atoms with Crippen molar-refractivity contribution in [1.29, 1.82) is 0 Å². The summed E-state index contributed by atoms with van der Waals surface area (Å²) in [5.74, 6) is 0. The predicted molar refractivity (Wildman–Crippen MR) is 179 cm³/mol. The first kappa shape index (κ1) is 36.5. The van der Waals surface area contributed by atoms with Crippen molar-refractivity contribution < 1.29 is 0 Å². The third-order valence-corrected chi connectivity index (χ3v) is 9.18. The monoisotopic (exact) mass is 544 g/mol. The molecule has 0 amide bonds. The van der Waals surface area contributed by atoms with Crippen molar-refractivity contribution >= 4 is 0 Å². The van der Waals surface area contributed by atoms with Gasteiger partial charge in [-0.2, -0.15) is 0 Å². The molecule has 0 bridgehead atoms. The Bertz CT molecular complexity index is 541. The average molecular weight is 544 g/mol. The van der Waals surface area contributed by atoms with Crippen molar-refractivity contribution in [2.24, 2.45) is 5.41 Å². The Morgan fingerprint density at radius 2 is 0.795 bits per heavy atom. The first-order chi connectivity index (χ1) is 19.2. The van der Waals surface area contributed by atoms with E-state index in [1.165, 1.54) is 186 Å². The molecule has 1 aliphatic heterocycles. The summed E-state index contributed by atoms with van der Waals surface area (Å²) in [7, 11) is 2.32. The van der Waals surface area contributed by atoms with Crippen molar-refractivity contribution in [1.82, 2.24) is 4.90 Å². The maximum absolute atomic E-state index is 2.55. The molecule has 1 aliphatic rings. The van der Waals surface area contributed by atoms with Gasteiger partial charge in [0.25, 0.3) is 0 Å². The number of hydrogen-bond acceptors (Lipinski definition) is 1. The van der Waals surface area contributed by atoms with Gasteiger partial charge in [-0.05, 0) is 51.0 Å². The van der Waals surface area contributed by atoms with Gasteiger partial charge in [-0.1, -0.05) is 179 Å². The average Bonchev–Trinajstić information content (AvgIpc) is 2.92. The number of allylic oxidation sites excluding steroid dienone is 4. The van der Waals surface area contributed by atoms with Gasteiger partial charge < -0.3 is 4.90 Å². The molecule has 230 valence electrons. The summed E-state index contributed by atoms with van der Waals surface area (Å²) < 4.78 is 0. The second kappa shape index (κ2) is 27.6. The Kier molecular flexibility index (Phi) is 25.8. The third-order valence-electron chi connectivity index (χ3n) is 9.18. The summed E-state index contributed by atoms with van der Waals surface area (Å²) in [4.78, 5) is 2.55. The maximum atomic E-state index is 2.55. The smallest absolute Gasteiger partial charge is 0.00474 e. The second-order valence-electron chi connectivity index (χ2n) is 13.4. The van der Waals surface area contributed by atoms with Crippen LogP contribution in [0.4, 0.5) is 0 Å². The molecule has 1 heteroatoms. The van der Waals surface area contributed by atoms with Crippen molar-refractivity contribution in [3.63, 3.8) is 0 Å². The van der Waals surface area contributed by atoms with Crippen LogP contribution < -0.4 is 0 Å². The number of unbranched alkanes of at least 4 members (excludes halogenated alkanes) is 22. The van der Waals surface area contributed by atoms with Gasteiger partial charge in [-0.25, -0.2) is 0 Å². The summed E-state index contributed by atoms with van der Waals surface area (Å²) in [6.07, 6.45) is 49.4. The number of rotatable bonds is 30. The molecule has 0 N–H and O–H groups in total. The van der Waals surface area contributed by atoms with Crippen molar-refractivity contribution in [3.05, 3.63) is 24.3 Å². The number of hydrogen-bond donors (Lipinski definition) is 0. The van der Waals surface area contributed by atoms with E-state index in [1.54, 1.807) is 0 Å². The largest absolute Gasteiger partial charge is 0.305 e. The Balaban J connectivity index is 1.89. The van der Waals surface area contributed by atoms with Gasteiger partial charge in [0, 0.05) is 13.1 Å². The number of likely N-dealkylation sites (tertiary alicyclic amines) is 1. The zero-order valence-electron chi connectivity index (χ0n) is 27.5. The summed E-state index contributed by atoms with van der Waals surface area (Å²) in [5.41, 5.74) is 0.679. The molecule has 0 aromatic heterocycles. The van der Waals surface area contributed by atoms with E-state index in [1.807, 2.05) is 0 Å². The van der Waals surface area contributed by atoms with Crippen molar-refractivity contribution in [3.8, 4) is 0 Å². The Morgan fingerprint density at radius 3 is 1.21 bits per heavy atom. The highest BCUT2D eigenvalue weighted by molar-refractivity contribution is 4.93. The fourth-order valence-corrected chi connectivity index (χ4v) is 6.71. The van der Waals surface area contributed by atoms with E-state index in [9.17, 15) is 0 Å². The van der Waals surface area contributed by atoms with Crippen LogP contribution in [0.5, 0.6) is 0 Å². The van der Waals surface area contributed by atoms with Crippen LogP contribution in [0.3, 0.4) is 0 Å². The van der Waals surface area contributed by atoms with E-state index >= 15 is 0 Å². The molecule has 0 radical (unpaired) electrons. The van der Waals surface area contributed by atoms with E-state index in [2.05, 4.69) is 50.1 Å². The molecule has 0 aliphatic carbocycles. The lowest BCUT2D eigenvalue weighted by molar-refractivity contribution is 0.00256. The zero-order chi connectivity index (χ0) is 28.1. The quantitative estimate of drug-likeness (QED) is 0.0643. The Labute approximate surface area is 248 Å². The van der Waals surface area contributed by atoms with E-state index in [4.69, 9.17) is 0 Å². The lowest BCUT2D eigenvalue weighted by atomic mass is 9.72. The molecule has 0 atom stereocenters. The molecule has 0 spiro atoms. The molecule has 1 fully saturated rings. The molecule has 0 aromatic rings. The highest BCUT2D eigenvalue weighted by Crippen LogP contribution is 2.40. The zero-order valence-corrected chi connectivity index (χ0v) is 27.5. The van der Waals surface area contributed by atoms with Crippen LogP contribution in [-0.2, 0) is 0 Å². The molecule has 1 saturated heterocycles. The van der Waals surface area contributed by atoms with Crippen LogP contribution in [0.2, 0.25) is 0 Å². The van der Waals surface area contributed by atoms with Crippen LogP contribution in [0, 0.1) is 5.41 Å². The number of nitrogens with zero attached hydrogens (tertiary/aromatic N) is 1. The minimum atomic E-state index is 0.679. The summed E-state index contributed by atoms with van der Waals surface area (Å²) in [5, 5.41) is 0. The van der Waals surface area contributed by atoms with E-state index in [0.29, 0.717) is 5.41 Å². The highest BCUT2D eigenvalue weighted by Gasteiger charge is 2.39. The molecular formula is C38H73N. The summed E-state index contributed by atoms with van der Waals surface area (Å²) in [6, 6.07) is 0. The molecule has 0 saturated carbocycles. The fraction of sp³-hybridized carbons (Fsp3) is 0.895. The summed E-state index contributed by atoms with van der Waals surface area (Å²) in [6.45, 7) is 7.30. The molecule has 0 unspecified atom stereocenters. The van der Waals surface area contributed by atoms with Crippen molar-refractivity contribution in [2.75, 3.05) is 20.1 Å². The molecule has 39 heavy (non-hydrogen) atoms. The molecule has 1 heterocycles. The van der Waals surface area contributed by atoms with E-state index in [-0.39, 0.29) is 0 Å². The van der Waals surface area contributed by atoms with Crippen LogP contribution in [0.1, 0.15) is 194 Å². The van der Waals surface area contributed by atoms with Gasteiger partial charge >= 0.3 is 0 Å². The van der Waals surface area contributed by atoms with Gasteiger partial charge in [0.15, 0.2) is 0 Å². The maximum Gasteiger partial charge on any atom is 0.00474 e. The minimum Gasteiger partial charge on any atom is -0.305 e. The van der Waals surface area contributed by atoms with Gasteiger partial charge in [0.05, 0.1) is 0 Å². The Hall–Kier alpha value is -0.560. The van der Waals surface area contributed by atoms with Crippen molar-refractivity contribution in [2.45, 2.75) is 194 Å². The van der Waals surface area contributed by atoms with Crippen LogP contribution >= 0.6 is 0 Å². The first-order valence-electron chi connectivity index (χ1n) is 18.2. The minimum absolute atomic E-state index is 0.679. The van der Waals surface area contributed by atoms with E-state index < -0.39 is 0 Å². The fourth-order valence-electron chi connectivity index (χ4n) is 6.71. The summed E-state index contributed by atoms with van der Waals surface area (Å²) >= 11 is 0. The lowest BCUT2D eigenvalue weighted by Gasteiger charge is -2.49. The van der Waals surface area contributed by atoms with Gasteiger partial charge in [-0.3, -0.25) is 0 Å². The van der Waals surface area contributed by atoms with Crippen LogP contribution in [-0.4, -0.2) is 25.0 Å². The first-order valence-corrected chi connectivity index (χ1v) is 18.2. The lowest BCUT2D eigenvalue weighted by Crippen LogP contribution is -2.54. The molecule has 1 nitrogen and oxygen atoms in total. The van der Waals surface area contributed by atoms with Crippen LogP contribution in [0.25, 0.3) is 0 Å². The standard InChI is InChI=1S/C38H73N/c1-4-6-8-10-12-14-16-18-20-21-23-25-27-29-31-33-35-38(36-39(3)37-38)34-32-30-28-26-24-22-19-17-15-13-11-9-7-5-2/h11,13,17,19H,4-10,12,14-16,18,20-37H2,1-3H3/b13-11+,19-17+.